The summed E-state index contributed by atoms with van der Waals surface area (Å²) < 4.78 is 9.90. The van der Waals surface area contributed by atoms with Gasteiger partial charge in [-0.05, 0) is 17.7 Å². The molecule has 0 radical (unpaired) electrons. The number of amides is 1. The quantitative estimate of drug-likeness (QED) is 0.616. The van der Waals surface area contributed by atoms with Crippen LogP contribution < -0.4 is 10.1 Å². The van der Waals surface area contributed by atoms with Gasteiger partial charge in [-0.2, -0.15) is 0 Å². The standard InChI is InChI=1S/C21H20N2O4S/c1-26-16-10-8-14(9-11-16)12-18(24)22-21-23-20(15-6-4-3-5-7-15)17(28-21)13-19(25)27-2/h3-11H,12-13H2,1-2H3,(H,22,23,24). The van der Waals surface area contributed by atoms with E-state index in [9.17, 15) is 9.59 Å². The fourth-order valence-electron chi connectivity index (χ4n) is 2.64. The zero-order chi connectivity index (χ0) is 19.9. The topological polar surface area (TPSA) is 77.5 Å². The summed E-state index contributed by atoms with van der Waals surface area (Å²) in [5.74, 6) is 0.212. The first-order valence-electron chi connectivity index (χ1n) is 8.63. The van der Waals surface area contributed by atoms with Crippen LogP contribution in [0.3, 0.4) is 0 Å². The lowest BCUT2D eigenvalue weighted by Gasteiger charge is -2.03. The highest BCUT2D eigenvalue weighted by molar-refractivity contribution is 7.16. The molecule has 1 N–H and O–H groups in total. The van der Waals surface area contributed by atoms with Gasteiger partial charge in [-0.25, -0.2) is 4.98 Å². The van der Waals surface area contributed by atoms with Crippen molar-refractivity contribution in [2.75, 3.05) is 19.5 Å². The molecule has 1 aromatic heterocycles. The van der Waals surface area contributed by atoms with Crippen molar-refractivity contribution in [1.82, 2.24) is 4.98 Å². The molecule has 0 aliphatic carbocycles. The number of benzene rings is 2. The fourth-order valence-corrected chi connectivity index (χ4v) is 3.63. The number of hydrogen-bond donors (Lipinski definition) is 1. The Morgan fingerprint density at radius 1 is 1.00 bits per heavy atom. The summed E-state index contributed by atoms with van der Waals surface area (Å²) in [6, 6.07) is 16.9. The normalized spacial score (nSPS) is 10.4. The minimum absolute atomic E-state index is 0.104. The summed E-state index contributed by atoms with van der Waals surface area (Å²) in [7, 11) is 2.95. The van der Waals surface area contributed by atoms with Crippen LogP contribution in [0.2, 0.25) is 0 Å². The van der Waals surface area contributed by atoms with Gasteiger partial charge in [0.1, 0.15) is 5.75 Å². The number of nitrogens with one attached hydrogen (secondary N) is 1. The molecule has 0 aliphatic heterocycles. The minimum Gasteiger partial charge on any atom is -0.497 e. The molecular formula is C21H20N2O4S. The van der Waals surface area contributed by atoms with E-state index < -0.39 is 0 Å². The number of carbonyl (C=O) groups excluding carboxylic acids is 2. The van der Waals surface area contributed by atoms with Crippen LogP contribution in [0.5, 0.6) is 5.75 Å². The van der Waals surface area contributed by atoms with Gasteiger partial charge in [-0.1, -0.05) is 42.5 Å². The molecule has 0 fully saturated rings. The number of esters is 1. The third-order valence-corrected chi connectivity index (χ3v) is 5.02. The Bertz CT molecular complexity index is 952. The van der Waals surface area contributed by atoms with Crippen LogP contribution in [0.25, 0.3) is 11.3 Å². The number of hydrogen-bond acceptors (Lipinski definition) is 6. The Morgan fingerprint density at radius 3 is 2.36 bits per heavy atom. The van der Waals surface area contributed by atoms with Crippen molar-refractivity contribution < 1.29 is 19.1 Å². The Hall–Kier alpha value is -3.19. The van der Waals surface area contributed by atoms with E-state index in [0.717, 1.165) is 21.8 Å². The van der Waals surface area contributed by atoms with Gasteiger partial charge in [0.15, 0.2) is 5.13 Å². The number of methoxy groups -OCH3 is 2. The van der Waals surface area contributed by atoms with Crippen molar-refractivity contribution in [1.29, 1.82) is 0 Å². The predicted octanol–water partition coefficient (Wildman–Crippen LogP) is 3.72. The van der Waals surface area contributed by atoms with Crippen molar-refractivity contribution in [3.8, 4) is 17.0 Å². The molecule has 7 heteroatoms. The van der Waals surface area contributed by atoms with Crippen molar-refractivity contribution in [2.24, 2.45) is 0 Å². The van der Waals surface area contributed by atoms with Crippen LogP contribution in [0.15, 0.2) is 54.6 Å². The van der Waals surface area contributed by atoms with Gasteiger partial charge in [0.2, 0.25) is 5.91 Å². The lowest BCUT2D eigenvalue weighted by atomic mass is 10.1. The van der Waals surface area contributed by atoms with E-state index in [1.165, 1.54) is 18.4 Å². The van der Waals surface area contributed by atoms with Crippen LogP contribution in [0.1, 0.15) is 10.4 Å². The molecule has 6 nitrogen and oxygen atoms in total. The third-order valence-electron chi connectivity index (χ3n) is 4.05. The Labute approximate surface area is 167 Å². The van der Waals surface area contributed by atoms with Gasteiger partial charge in [-0.15, -0.1) is 11.3 Å². The van der Waals surface area contributed by atoms with Crippen molar-refractivity contribution >= 4 is 28.3 Å². The first-order valence-corrected chi connectivity index (χ1v) is 9.45. The summed E-state index contributed by atoms with van der Waals surface area (Å²) in [5.41, 5.74) is 2.43. The average Bonchev–Trinajstić information content (AvgIpc) is 3.10. The van der Waals surface area contributed by atoms with E-state index >= 15 is 0 Å². The van der Waals surface area contributed by atoms with E-state index in [1.807, 2.05) is 54.6 Å². The predicted molar refractivity (Wildman–Crippen MR) is 109 cm³/mol. The molecule has 0 unspecified atom stereocenters. The molecule has 0 aliphatic rings. The van der Waals surface area contributed by atoms with Crippen molar-refractivity contribution in [2.45, 2.75) is 12.8 Å². The summed E-state index contributed by atoms with van der Waals surface area (Å²) >= 11 is 1.28. The van der Waals surface area contributed by atoms with Gasteiger partial charge in [0, 0.05) is 10.4 Å². The largest absolute Gasteiger partial charge is 0.497 e. The Kier molecular flexibility index (Phi) is 6.39. The smallest absolute Gasteiger partial charge is 0.310 e. The molecule has 0 bridgehead atoms. The van der Waals surface area contributed by atoms with Crippen molar-refractivity contribution in [3.05, 3.63) is 65.0 Å². The lowest BCUT2D eigenvalue weighted by molar-refractivity contribution is -0.139. The molecule has 144 valence electrons. The van der Waals surface area contributed by atoms with E-state index in [0.29, 0.717) is 10.8 Å². The second-order valence-corrected chi connectivity index (χ2v) is 7.07. The van der Waals surface area contributed by atoms with Crippen LogP contribution in [-0.2, 0) is 27.2 Å². The van der Waals surface area contributed by atoms with Gasteiger partial charge in [0.05, 0.1) is 32.8 Å². The number of ether oxygens (including phenoxy) is 2. The second-order valence-electron chi connectivity index (χ2n) is 5.98. The van der Waals surface area contributed by atoms with Crippen LogP contribution in [0.4, 0.5) is 5.13 Å². The van der Waals surface area contributed by atoms with Crippen LogP contribution in [-0.4, -0.2) is 31.1 Å². The number of carbonyl (C=O) groups is 2. The average molecular weight is 396 g/mol. The molecule has 1 amide bonds. The number of aromatic nitrogens is 1. The number of thiazole rings is 1. The van der Waals surface area contributed by atoms with E-state index in [2.05, 4.69) is 10.3 Å². The second kappa shape index (κ2) is 9.14. The third kappa shape index (κ3) is 4.95. The highest BCUT2D eigenvalue weighted by Gasteiger charge is 2.17. The number of nitrogens with zero attached hydrogens (tertiary/aromatic N) is 1. The highest BCUT2D eigenvalue weighted by Crippen LogP contribution is 2.31. The monoisotopic (exact) mass is 396 g/mol. The van der Waals surface area contributed by atoms with E-state index in [-0.39, 0.29) is 24.7 Å². The SMILES string of the molecule is COC(=O)Cc1sc(NC(=O)Cc2ccc(OC)cc2)nc1-c1ccccc1. The summed E-state index contributed by atoms with van der Waals surface area (Å²) in [5, 5.41) is 3.28. The van der Waals surface area contributed by atoms with E-state index in [1.54, 1.807) is 7.11 Å². The Morgan fingerprint density at radius 2 is 1.71 bits per heavy atom. The summed E-state index contributed by atoms with van der Waals surface area (Å²) in [6.07, 6.45) is 0.323. The molecule has 0 saturated carbocycles. The van der Waals surface area contributed by atoms with Crippen LogP contribution in [0, 0.1) is 0 Å². The molecule has 2 aromatic carbocycles. The van der Waals surface area contributed by atoms with Gasteiger partial charge >= 0.3 is 5.97 Å². The maximum Gasteiger partial charge on any atom is 0.310 e. The molecular weight excluding hydrogens is 376 g/mol. The molecule has 1 heterocycles. The lowest BCUT2D eigenvalue weighted by Crippen LogP contribution is -2.14. The Balaban J connectivity index is 1.77. The molecule has 28 heavy (non-hydrogen) atoms. The molecule has 3 aromatic rings. The molecule has 0 atom stereocenters. The van der Waals surface area contributed by atoms with Crippen LogP contribution >= 0.6 is 11.3 Å². The number of rotatable bonds is 7. The zero-order valence-corrected chi connectivity index (χ0v) is 16.4. The van der Waals surface area contributed by atoms with E-state index in [4.69, 9.17) is 9.47 Å². The first-order chi connectivity index (χ1) is 13.6. The first kappa shape index (κ1) is 19.6. The molecule has 0 saturated heterocycles. The molecule has 3 rings (SSSR count). The minimum atomic E-state index is -0.350. The van der Waals surface area contributed by atoms with Crippen molar-refractivity contribution in [3.63, 3.8) is 0 Å². The maximum absolute atomic E-state index is 12.4. The molecule has 0 spiro atoms. The summed E-state index contributed by atoms with van der Waals surface area (Å²) in [4.78, 5) is 29.4. The maximum atomic E-state index is 12.4. The fraction of sp³-hybridized carbons (Fsp3) is 0.190. The zero-order valence-electron chi connectivity index (χ0n) is 15.6. The highest BCUT2D eigenvalue weighted by atomic mass is 32.1. The van der Waals surface area contributed by atoms with Gasteiger partial charge < -0.3 is 14.8 Å². The van der Waals surface area contributed by atoms with Gasteiger partial charge in [-0.3, -0.25) is 9.59 Å². The van der Waals surface area contributed by atoms with Gasteiger partial charge in [0.25, 0.3) is 0 Å². The summed E-state index contributed by atoms with van der Waals surface area (Å²) in [6.45, 7) is 0. The number of anilines is 1.